The number of hydrogen-bond donors (Lipinski definition) is 0. The van der Waals surface area contributed by atoms with Crippen molar-refractivity contribution in [3.63, 3.8) is 0 Å². The molecule has 0 aromatic heterocycles. The standard InChI is InChI=1S/C28H14N4O2/c1-31-25(13-29)27-17-7-5-15(33-3)9-19(17)21-12-24-22(11-23(21)27)20-10-16(34-4)6-8-18(20)28(24)26(14-30)32-2/h5-12H,3-4H3. The zero-order valence-corrected chi connectivity index (χ0v) is 18.2. The molecule has 2 aliphatic carbocycles. The number of fused-ring (bicyclic) bond motifs is 6. The highest BCUT2D eigenvalue weighted by Gasteiger charge is 2.33. The van der Waals surface area contributed by atoms with Gasteiger partial charge in [0.2, 0.25) is 0 Å². The number of hydrogen-bond acceptors (Lipinski definition) is 4. The van der Waals surface area contributed by atoms with Crippen molar-refractivity contribution in [3.8, 4) is 45.9 Å². The summed E-state index contributed by atoms with van der Waals surface area (Å²) in [5, 5.41) is 19.4. The third-order valence-corrected chi connectivity index (χ3v) is 6.18. The van der Waals surface area contributed by atoms with Crippen molar-refractivity contribution in [2.75, 3.05) is 14.2 Å². The number of benzene rings is 3. The van der Waals surface area contributed by atoms with Gasteiger partial charge in [-0.2, -0.15) is 0 Å². The SMILES string of the molecule is [C-]#[N+]C(C#N)=C1c2ccc(OC)cc2-c2cc3c(cc21)-c1cc(OC)ccc1C3=C(C#N)[N+]#[C-]. The van der Waals surface area contributed by atoms with Crippen LogP contribution in [0.25, 0.3) is 43.1 Å². The number of allylic oxidation sites excluding steroid dienone is 2. The Bertz CT molecular complexity index is 1510. The summed E-state index contributed by atoms with van der Waals surface area (Å²) in [7, 11) is 3.16. The van der Waals surface area contributed by atoms with Crippen LogP contribution in [0.1, 0.15) is 22.3 Å². The minimum absolute atomic E-state index is 0.00335. The predicted octanol–water partition coefficient (Wildman–Crippen LogP) is 6.07. The fourth-order valence-corrected chi connectivity index (χ4v) is 4.72. The van der Waals surface area contributed by atoms with E-state index >= 15 is 0 Å². The maximum absolute atomic E-state index is 9.70. The van der Waals surface area contributed by atoms with Gasteiger partial charge in [0.25, 0.3) is 11.4 Å². The van der Waals surface area contributed by atoms with Crippen LogP contribution in [0.15, 0.2) is 59.9 Å². The molecule has 0 spiro atoms. The lowest BCUT2D eigenvalue weighted by atomic mass is 9.94. The summed E-state index contributed by atoms with van der Waals surface area (Å²) < 4.78 is 10.8. The van der Waals surface area contributed by atoms with Gasteiger partial charge in [0.1, 0.15) is 11.5 Å². The Morgan fingerprint density at radius 2 is 1.00 bits per heavy atom. The van der Waals surface area contributed by atoms with Crippen LogP contribution >= 0.6 is 0 Å². The van der Waals surface area contributed by atoms with Crippen LogP contribution in [0, 0.1) is 35.8 Å². The van der Waals surface area contributed by atoms with Gasteiger partial charge < -0.3 is 9.47 Å². The van der Waals surface area contributed by atoms with Gasteiger partial charge in [0.05, 0.1) is 39.5 Å². The molecule has 0 amide bonds. The summed E-state index contributed by atoms with van der Waals surface area (Å²) in [6, 6.07) is 19.0. The Morgan fingerprint density at radius 1 is 0.618 bits per heavy atom. The number of ether oxygens (including phenoxy) is 2. The molecule has 3 aromatic rings. The zero-order chi connectivity index (χ0) is 24.0. The first-order valence-corrected chi connectivity index (χ1v) is 10.2. The molecule has 158 valence electrons. The van der Waals surface area contributed by atoms with Crippen molar-refractivity contribution in [3.05, 3.63) is 105 Å². The fraction of sp³-hybridized carbons (Fsp3) is 0.0714. The number of rotatable bonds is 2. The van der Waals surface area contributed by atoms with Crippen LogP contribution in [-0.2, 0) is 0 Å². The Labute approximate surface area is 196 Å². The topological polar surface area (TPSA) is 74.8 Å². The van der Waals surface area contributed by atoms with Gasteiger partial charge >= 0.3 is 0 Å². The molecule has 0 N–H and O–H groups in total. The van der Waals surface area contributed by atoms with Gasteiger partial charge in [-0.25, -0.2) is 20.2 Å². The average Bonchev–Trinajstić information content (AvgIpc) is 3.36. The zero-order valence-electron chi connectivity index (χ0n) is 18.2. The molecular weight excluding hydrogens is 424 g/mol. The van der Waals surface area contributed by atoms with E-state index in [0.717, 1.165) is 44.5 Å². The van der Waals surface area contributed by atoms with Gasteiger partial charge in [0, 0.05) is 11.1 Å². The molecule has 0 aliphatic heterocycles. The number of methoxy groups -OCH3 is 2. The molecule has 3 aromatic carbocycles. The van der Waals surface area contributed by atoms with Crippen LogP contribution in [0.4, 0.5) is 0 Å². The maximum atomic E-state index is 9.70. The van der Waals surface area contributed by atoms with Crippen molar-refractivity contribution in [2.24, 2.45) is 0 Å². The van der Waals surface area contributed by atoms with E-state index in [1.807, 2.05) is 48.5 Å². The van der Waals surface area contributed by atoms with Crippen LogP contribution in [-0.4, -0.2) is 14.2 Å². The summed E-state index contributed by atoms with van der Waals surface area (Å²) in [6.45, 7) is 15.1. The molecule has 0 atom stereocenters. The first-order chi connectivity index (χ1) is 16.6. The summed E-state index contributed by atoms with van der Waals surface area (Å²) >= 11 is 0. The Kier molecular flexibility index (Phi) is 4.65. The first-order valence-electron chi connectivity index (χ1n) is 10.2. The monoisotopic (exact) mass is 438 g/mol. The van der Waals surface area contributed by atoms with E-state index in [9.17, 15) is 10.5 Å². The maximum Gasteiger partial charge on any atom is 0.270 e. The van der Waals surface area contributed by atoms with E-state index in [4.69, 9.17) is 22.6 Å². The van der Waals surface area contributed by atoms with E-state index in [1.165, 1.54) is 0 Å². The second kappa shape index (κ2) is 7.68. The van der Waals surface area contributed by atoms with Gasteiger partial charge in [-0.05, 0) is 80.9 Å². The van der Waals surface area contributed by atoms with Gasteiger partial charge in [0.15, 0.2) is 0 Å². The molecule has 0 saturated carbocycles. The third-order valence-electron chi connectivity index (χ3n) is 6.18. The van der Waals surface area contributed by atoms with Crippen molar-refractivity contribution >= 4 is 11.1 Å². The molecular formula is C28H14N4O2. The highest BCUT2D eigenvalue weighted by atomic mass is 16.5. The van der Waals surface area contributed by atoms with Gasteiger partial charge in [-0.1, -0.05) is 12.1 Å². The lowest BCUT2D eigenvalue weighted by molar-refractivity contribution is 0.415. The van der Waals surface area contributed by atoms with Gasteiger partial charge in [-0.15, -0.1) is 0 Å². The smallest absolute Gasteiger partial charge is 0.270 e. The number of nitriles is 2. The second-order valence-corrected chi connectivity index (χ2v) is 7.66. The van der Waals surface area contributed by atoms with E-state index in [-0.39, 0.29) is 11.4 Å². The highest BCUT2D eigenvalue weighted by Crippen LogP contribution is 2.54. The minimum atomic E-state index is 0.00335. The molecule has 0 heterocycles. The quantitative estimate of drug-likeness (QED) is 0.248. The molecule has 0 fully saturated rings. The Morgan fingerprint density at radius 3 is 1.32 bits per heavy atom. The van der Waals surface area contributed by atoms with Crippen molar-refractivity contribution < 1.29 is 9.47 Å². The lowest BCUT2D eigenvalue weighted by Gasteiger charge is -2.09. The predicted molar refractivity (Wildman–Crippen MR) is 127 cm³/mol. The lowest BCUT2D eigenvalue weighted by Crippen LogP contribution is -1.89. The van der Waals surface area contributed by atoms with Crippen LogP contribution in [0.5, 0.6) is 11.5 Å². The van der Waals surface area contributed by atoms with Crippen LogP contribution in [0.3, 0.4) is 0 Å². The molecule has 0 bridgehead atoms. The molecule has 34 heavy (non-hydrogen) atoms. The van der Waals surface area contributed by atoms with Crippen LogP contribution in [0.2, 0.25) is 0 Å². The third kappa shape index (κ3) is 2.71. The van der Waals surface area contributed by atoms with Crippen molar-refractivity contribution in [2.45, 2.75) is 0 Å². The molecule has 0 unspecified atom stereocenters. The van der Waals surface area contributed by atoms with Crippen LogP contribution < -0.4 is 9.47 Å². The molecule has 0 saturated heterocycles. The minimum Gasteiger partial charge on any atom is -0.497 e. The average molecular weight is 438 g/mol. The van der Waals surface area contributed by atoms with E-state index in [2.05, 4.69) is 9.69 Å². The van der Waals surface area contributed by atoms with E-state index in [0.29, 0.717) is 22.6 Å². The molecule has 2 aliphatic rings. The molecule has 5 rings (SSSR count). The van der Waals surface area contributed by atoms with Gasteiger partial charge in [-0.3, -0.25) is 0 Å². The Balaban J connectivity index is 1.93. The van der Waals surface area contributed by atoms with Crippen molar-refractivity contribution in [1.29, 1.82) is 10.5 Å². The Hall–Kier alpha value is -5.30. The van der Waals surface area contributed by atoms with Crippen molar-refractivity contribution in [1.82, 2.24) is 0 Å². The number of nitrogens with zero attached hydrogens (tertiary/aromatic N) is 4. The molecule has 0 radical (unpaired) electrons. The van der Waals surface area contributed by atoms with E-state index < -0.39 is 0 Å². The van der Waals surface area contributed by atoms with E-state index in [1.54, 1.807) is 26.4 Å². The first kappa shape index (κ1) is 20.6. The molecule has 6 heteroatoms. The fourth-order valence-electron chi connectivity index (χ4n) is 4.72. The summed E-state index contributed by atoms with van der Waals surface area (Å²) in [5.41, 5.74) is 7.50. The highest BCUT2D eigenvalue weighted by molar-refractivity contribution is 6.10. The molecule has 6 nitrogen and oxygen atoms in total. The normalized spacial score (nSPS) is 14.8. The summed E-state index contributed by atoms with van der Waals surface area (Å²) in [5.74, 6) is 1.30. The summed E-state index contributed by atoms with van der Waals surface area (Å²) in [4.78, 5) is 6.98. The summed E-state index contributed by atoms with van der Waals surface area (Å²) in [6.07, 6.45) is 0. The second-order valence-electron chi connectivity index (χ2n) is 7.66. The largest absolute Gasteiger partial charge is 0.497 e.